The predicted octanol–water partition coefficient (Wildman–Crippen LogP) is 0.903. The molecule has 0 saturated carbocycles. The number of hydrogen-bond donors (Lipinski definition) is 2. The molecule has 0 radical (unpaired) electrons. The Labute approximate surface area is 82.1 Å². The van der Waals surface area contributed by atoms with Crippen LogP contribution in [0.5, 0.6) is 0 Å². The molecule has 0 unspecified atom stereocenters. The van der Waals surface area contributed by atoms with Gasteiger partial charge in [0.25, 0.3) is 5.91 Å². The third-order valence-corrected chi connectivity index (χ3v) is 1.84. The smallest absolute Gasteiger partial charge is 0.251 e. The molecule has 0 bridgehead atoms. The Hall–Kier alpha value is -1.42. The fraction of sp³-hybridized carbons (Fsp3) is 0.300. The molecule has 0 aliphatic rings. The molecule has 0 fully saturated rings. The highest BCUT2D eigenvalue weighted by molar-refractivity contribution is 5.94. The number of halogens is 1. The van der Waals surface area contributed by atoms with E-state index in [-0.39, 0.29) is 17.8 Å². The second kappa shape index (κ2) is 4.72. The van der Waals surface area contributed by atoms with Crippen LogP contribution >= 0.6 is 0 Å². The Balaban J connectivity index is 2.65. The molecule has 0 aliphatic carbocycles. The first-order chi connectivity index (χ1) is 6.63. The quantitative estimate of drug-likeness (QED) is 0.754. The average molecular weight is 196 g/mol. The standard InChI is InChI=1S/C10H13FN2O/c1-7(6-12)13-10(14)8-2-4-9(11)5-3-8/h2-5,7H,6,12H2,1H3,(H,13,14)/t7-/m1/s1. The van der Waals surface area contributed by atoms with Crippen LogP contribution in [0.25, 0.3) is 0 Å². The number of carbonyl (C=O) groups excluding carboxylic acids is 1. The first-order valence-corrected chi connectivity index (χ1v) is 4.40. The van der Waals surface area contributed by atoms with Gasteiger partial charge in [-0.15, -0.1) is 0 Å². The number of benzene rings is 1. The Kier molecular flexibility index (Phi) is 3.59. The van der Waals surface area contributed by atoms with Crippen molar-refractivity contribution in [3.63, 3.8) is 0 Å². The number of carbonyl (C=O) groups is 1. The molecule has 0 spiro atoms. The summed E-state index contributed by atoms with van der Waals surface area (Å²) in [5, 5.41) is 2.68. The number of nitrogens with two attached hydrogens (primary N) is 1. The van der Waals surface area contributed by atoms with Crippen LogP contribution in [0, 0.1) is 5.82 Å². The first-order valence-electron chi connectivity index (χ1n) is 4.40. The maximum absolute atomic E-state index is 12.5. The Morgan fingerprint density at radius 3 is 2.57 bits per heavy atom. The van der Waals surface area contributed by atoms with Crippen LogP contribution < -0.4 is 11.1 Å². The van der Waals surface area contributed by atoms with E-state index >= 15 is 0 Å². The van der Waals surface area contributed by atoms with Crippen molar-refractivity contribution in [2.24, 2.45) is 5.73 Å². The zero-order valence-electron chi connectivity index (χ0n) is 7.96. The highest BCUT2D eigenvalue weighted by atomic mass is 19.1. The maximum Gasteiger partial charge on any atom is 0.251 e. The lowest BCUT2D eigenvalue weighted by Crippen LogP contribution is -2.37. The summed E-state index contributed by atoms with van der Waals surface area (Å²) in [5.74, 6) is -0.587. The minimum absolute atomic E-state index is 0.0763. The molecule has 14 heavy (non-hydrogen) atoms. The molecule has 1 aromatic rings. The van der Waals surface area contributed by atoms with Gasteiger partial charge in [0.2, 0.25) is 0 Å². The van der Waals surface area contributed by atoms with E-state index in [0.29, 0.717) is 12.1 Å². The minimum atomic E-state index is -0.353. The van der Waals surface area contributed by atoms with Crippen LogP contribution in [0.15, 0.2) is 24.3 Å². The van der Waals surface area contributed by atoms with Crippen LogP contribution in [0.4, 0.5) is 4.39 Å². The number of hydrogen-bond acceptors (Lipinski definition) is 2. The fourth-order valence-corrected chi connectivity index (χ4v) is 0.967. The lowest BCUT2D eigenvalue weighted by atomic mass is 10.2. The first kappa shape index (κ1) is 10.7. The van der Waals surface area contributed by atoms with E-state index in [4.69, 9.17) is 5.73 Å². The van der Waals surface area contributed by atoms with Gasteiger partial charge in [0.05, 0.1) is 0 Å². The van der Waals surface area contributed by atoms with Crippen LogP contribution in [-0.2, 0) is 0 Å². The van der Waals surface area contributed by atoms with Gasteiger partial charge < -0.3 is 11.1 Å². The van der Waals surface area contributed by atoms with Crippen molar-refractivity contribution in [1.82, 2.24) is 5.32 Å². The van der Waals surface area contributed by atoms with Crippen molar-refractivity contribution >= 4 is 5.91 Å². The summed E-state index contributed by atoms with van der Waals surface area (Å²) in [6.45, 7) is 2.19. The third-order valence-electron chi connectivity index (χ3n) is 1.84. The summed E-state index contributed by atoms with van der Waals surface area (Å²) in [5.41, 5.74) is 5.78. The summed E-state index contributed by atoms with van der Waals surface area (Å²) < 4.78 is 12.5. The van der Waals surface area contributed by atoms with Crippen molar-refractivity contribution in [3.05, 3.63) is 35.6 Å². The second-order valence-corrected chi connectivity index (χ2v) is 3.12. The molecule has 3 nitrogen and oxygen atoms in total. The molecular weight excluding hydrogens is 183 g/mol. The topological polar surface area (TPSA) is 55.1 Å². The Bertz CT molecular complexity index is 310. The zero-order chi connectivity index (χ0) is 10.6. The van der Waals surface area contributed by atoms with Crippen LogP contribution in [-0.4, -0.2) is 18.5 Å². The largest absolute Gasteiger partial charge is 0.348 e. The van der Waals surface area contributed by atoms with E-state index in [0.717, 1.165) is 0 Å². The molecule has 1 amide bonds. The van der Waals surface area contributed by atoms with Gasteiger partial charge in [0, 0.05) is 18.2 Å². The fourth-order valence-electron chi connectivity index (χ4n) is 0.967. The zero-order valence-corrected chi connectivity index (χ0v) is 7.96. The van der Waals surface area contributed by atoms with Gasteiger partial charge in [0.15, 0.2) is 0 Å². The highest BCUT2D eigenvalue weighted by Crippen LogP contribution is 2.02. The number of nitrogens with one attached hydrogen (secondary N) is 1. The summed E-state index contributed by atoms with van der Waals surface area (Å²) in [6, 6.07) is 5.30. The average Bonchev–Trinajstić information content (AvgIpc) is 2.18. The lowest BCUT2D eigenvalue weighted by Gasteiger charge is -2.10. The van der Waals surface area contributed by atoms with Crippen LogP contribution in [0.1, 0.15) is 17.3 Å². The summed E-state index contributed by atoms with van der Waals surface area (Å²) in [7, 11) is 0. The molecule has 0 aliphatic heterocycles. The SMILES string of the molecule is C[C@H](CN)NC(=O)c1ccc(F)cc1. The summed E-state index contributed by atoms with van der Waals surface area (Å²) in [6.07, 6.45) is 0. The number of amides is 1. The van der Waals surface area contributed by atoms with E-state index in [1.54, 1.807) is 6.92 Å². The molecule has 0 saturated heterocycles. The van der Waals surface area contributed by atoms with E-state index < -0.39 is 0 Å². The van der Waals surface area contributed by atoms with Crippen molar-refractivity contribution in [2.45, 2.75) is 13.0 Å². The molecular formula is C10H13FN2O. The van der Waals surface area contributed by atoms with Gasteiger partial charge >= 0.3 is 0 Å². The molecule has 3 N–H and O–H groups in total. The maximum atomic E-state index is 12.5. The van der Waals surface area contributed by atoms with Gasteiger partial charge in [-0.2, -0.15) is 0 Å². The number of rotatable bonds is 3. The van der Waals surface area contributed by atoms with Gasteiger partial charge in [-0.05, 0) is 31.2 Å². The van der Waals surface area contributed by atoms with Crippen molar-refractivity contribution in [3.8, 4) is 0 Å². The summed E-state index contributed by atoms with van der Waals surface area (Å²) in [4.78, 5) is 11.4. The van der Waals surface area contributed by atoms with E-state index in [2.05, 4.69) is 5.32 Å². The van der Waals surface area contributed by atoms with E-state index in [9.17, 15) is 9.18 Å². The molecule has 4 heteroatoms. The lowest BCUT2D eigenvalue weighted by molar-refractivity contribution is 0.0941. The normalized spacial score (nSPS) is 12.2. The molecule has 1 aromatic carbocycles. The molecule has 1 rings (SSSR count). The van der Waals surface area contributed by atoms with Crippen molar-refractivity contribution in [1.29, 1.82) is 0 Å². The molecule has 76 valence electrons. The minimum Gasteiger partial charge on any atom is -0.348 e. The Morgan fingerprint density at radius 1 is 1.50 bits per heavy atom. The van der Waals surface area contributed by atoms with E-state index in [1.807, 2.05) is 0 Å². The van der Waals surface area contributed by atoms with Gasteiger partial charge in [-0.3, -0.25) is 4.79 Å². The van der Waals surface area contributed by atoms with Gasteiger partial charge in [0.1, 0.15) is 5.82 Å². The molecule has 0 heterocycles. The molecule has 0 aromatic heterocycles. The van der Waals surface area contributed by atoms with E-state index in [1.165, 1.54) is 24.3 Å². The monoisotopic (exact) mass is 196 g/mol. The highest BCUT2D eigenvalue weighted by Gasteiger charge is 2.07. The van der Waals surface area contributed by atoms with Gasteiger partial charge in [-0.25, -0.2) is 4.39 Å². The third kappa shape index (κ3) is 2.81. The molecule has 1 atom stereocenters. The predicted molar refractivity (Wildman–Crippen MR) is 52.4 cm³/mol. The van der Waals surface area contributed by atoms with Crippen molar-refractivity contribution in [2.75, 3.05) is 6.54 Å². The van der Waals surface area contributed by atoms with Crippen molar-refractivity contribution < 1.29 is 9.18 Å². The van der Waals surface area contributed by atoms with Crippen LogP contribution in [0.2, 0.25) is 0 Å². The second-order valence-electron chi connectivity index (χ2n) is 3.12. The Morgan fingerprint density at radius 2 is 2.07 bits per heavy atom. The summed E-state index contributed by atoms with van der Waals surface area (Å²) >= 11 is 0. The van der Waals surface area contributed by atoms with Crippen LogP contribution in [0.3, 0.4) is 0 Å². The van der Waals surface area contributed by atoms with Gasteiger partial charge in [-0.1, -0.05) is 0 Å².